The summed E-state index contributed by atoms with van der Waals surface area (Å²) in [6.07, 6.45) is -0.145. The zero-order valence-electron chi connectivity index (χ0n) is 12.4. The molecule has 0 fully saturated rings. The first-order valence-electron chi connectivity index (χ1n) is 7.28. The molecular formula is C16H24F3N. The Morgan fingerprint density at radius 2 is 1.70 bits per heavy atom. The van der Waals surface area contributed by atoms with E-state index in [1.807, 2.05) is 7.05 Å². The van der Waals surface area contributed by atoms with Gasteiger partial charge in [-0.1, -0.05) is 38.8 Å². The van der Waals surface area contributed by atoms with Crippen molar-refractivity contribution in [3.05, 3.63) is 35.4 Å². The summed E-state index contributed by atoms with van der Waals surface area (Å²) < 4.78 is 38.4. The van der Waals surface area contributed by atoms with Gasteiger partial charge in [0, 0.05) is 6.04 Å². The van der Waals surface area contributed by atoms with Gasteiger partial charge < -0.3 is 5.32 Å². The normalized spacial score (nSPS) is 13.8. The van der Waals surface area contributed by atoms with Crippen LogP contribution in [0.15, 0.2) is 24.3 Å². The Balaban J connectivity index is 3.04. The van der Waals surface area contributed by atoms with Crippen LogP contribution in [0.25, 0.3) is 0 Å². The Bertz CT molecular complexity index is 395. The van der Waals surface area contributed by atoms with Crippen LogP contribution in [0.2, 0.25) is 0 Å². The maximum atomic E-state index is 12.8. The summed E-state index contributed by atoms with van der Waals surface area (Å²) in [5.41, 5.74) is 0.163. The molecular weight excluding hydrogens is 263 g/mol. The molecule has 4 heteroatoms. The summed E-state index contributed by atoms with van der Waals surface area (Å²) in [6.45, 7) is 4.23. The number of benzene rings is 1. The summed E-state index contributed by atoms with van der Waals surface area (Å²) in [5.74, 6) is 0.374. The van der Waals surface area contributed by atoms with Gasteiger partial charge in [0.1, 0.15) is 0 Å². The second-order valence-corrected chi connectivity index (χ2v) is 5.23. The van der Waals surface area contributed by atoms with Crippen molar-refractivity contribution in [1.82, 2.24) is 5.32 Å². The molecule has 1 aromatic rings. The van der Waals surface area contributed by atoms with Crippen molar-refractivity contribution in [3.63, 3.8) is 0 Å². The fourth-order valence-corrected chi connectivity index (χ4v) is 2.80. The average Bonchev–Trinajstić information content (AvgIpc) is 2.39. The zero-order valence-corrected chi connectivity index (χ0v) is 12.4. The van der Waals surface area contributed by atoms with E-state index < -0.39 is 11.7 Å². The van der Waals surface area contributed by atoms with Crippen LogP contribution in [0.3, 0.4) is 0 Å². The summed E-state index contributed by atoms with van der Waals surface area (Å²) in [4.78, 5) is 0. The molecule has 1 rings (SSSR count). The van der Waals surface area contributed by atoms with Crippen LogP contribution < -0.4 is 5.32 Å². The predicted octanol–water partition coefficient (Wildman–Crippen LogP) is 5.18. The predicted molar refractivity (Wildman–Crippen MR) is 76.6 cm³/mol. The highest BCUT2D eigenvalue weighted by Gasteiger charge is 2.31. The van der Waals surface area contributed by atoms with Gasteiger partial charge in [-0.25, -0.2) is 0 Å². The maximum Gasteiger partial charge on any atom is 0.416 e. The molecule has 1 unspecified atom stereocenters. The molecule has 1 aromatic carbocycles. The van der Waals surface area contributed by atoms with E-state index in [-0.39, 0.29) is 6.04 Å². The average molecular weight is 287 g/mol. The molecule has 0 radical (unpaired) electrons. The fraction of sp³-hybridized carbons (Fsp3) is 0.625. The van der Waals surface area contributed by atoms with E-state index in [0.717, 1.165) is 37.3 Å². The van der Waals surface area contributed by atoms with Crippen molar-refractivity contribution in [1.29, 1.82) is 0 Å². The van der Waals surface area contributed by atoms with E-state index in [2.05, 4.69) is 19.2 Å². The summed E-state index contributed by atoms with van der Waals surface area (Å²) >= 11 is 0. The molecule has 20 heavy (non-hydrogen) atoms. The van der Waals surface area contributed by atoms with Crippen LogP contribution in [0.4, 0.5) is 13.2 Å². The van der Waals surface area contributed by atoms with Crippen LogP contribution in [0.1, 0.15) is 56.7 Å². The van der Waals surface area contributed by atoms with Crippen molar-refractivity contribution < 1.29 is 13.2 Å². The molecule has 0 spiro atoms. The van der Waals surface area contributed by atoms with Gasteiger partial charge in [-0.3, -0.25) is 0 Å². The van der Waals surface area contributed by atoms with Crippen molar-refractivity contribution in [3.8, 4) is 0 Å². The molecule has 0 saturated carbocycles. The minimum atomic E-state index is -4.28. The third-order valence-corrected chi connectivity index (χ3v) is 3.67. The molecule has 1 nitrogen and oxygen atoms in total. The van der Waals surface area contributed by atoms with Crippen LogP contribution in [0, 0.1) is 5.92 Å². The van der Waals surface area contributed by atoms with Crippen LogP contribution in [0.5, 0.6) is 0 Å². The lowest BCUT2D eigenvalue weighted by atomic mass is 9.85. The molecule has 1 atom stereocenters. The third-order valence-electron chi connectivity index (χ3n) is 3.67. The van der Waals surface area contributed by atoms with Gasteiger partial charge in [-0.2, -0.15) is 13.2 Å². The number of hydrogen-bond acceptors (Lipinski definition) is 1. The Hall–Kier alpha value is -1.03. The van der Waals surface area contributed by atoms with Crippen LogP contribution in [-0.2, 0) is 6.18 Å². The standard InChI is InChI=1S/C16H24F3N/c1-4-7-12(8-5-2)15(20-3)13-9-6-10-14(11-13)16(17,18)19/h6,9-12,15,20H,4-5,7-8H2,1-3H3. The zero-order chi connectivity index (χ0) is 15.2. The Labute approximate surface area is 119 Å². The maximum absolute atomic E-state index is 12.8. The van der Waals surface area contributed by atoms with Gasteiger partial charge in [-0.05, 0) is 43.5 Å². The third kappa shape index (κ3) is 4.51. The van der Waals surface area contributed by atoms with Gasteiger partial charge in [0.25, 0.3) is 0 Å². The molecule has 0 aliphatic rings. The molecule has 0 bridgehead atoms. The lowest BCUT2D eigenvalue weighted by molar-refractivity contribution is -0.137. The first kappa shape index (κ1) is 17.0. The van der Waals surface area contributed by atoms with Gasteiger partial charge in [-0.15, -0.1) is 0 Å². The van der Waals surface area contributed by atoms with Crippen LogP contribution >= 0.6 is 0 Å². The van der Waals surface area contributed by atoms with E-state index in [4.69, 9.17) is 0 Å². The quantitative estimate of drug-likeness (QED) is 0.728. The van der Waals surface area contributed by atoms with Gasteiger partial charge in [0.2, 0.25) is 0 Å². The lowest BCUT2D eigenvalue weighted by Gasteiger charge is -2.27. The lowest BCUT2D eigenvalue weighted by Crippen LogP contribution is -2.25. The molecule has 0 amide bonds. The minimum Gasteiger partial charge on any atom is -0.313 e. The number of nitrogens with one attached hydrogen (secondary N) is 1. The number of hydrogen-bond donors (Lipinski definition) is 1. The van der Waals surface area contributed by atoms with Gasteiger partial charge in [0.05, 0.1) is 5.56 Å². The molecule has 1 N–H and O–H groups in total. The summed E-state index contributed by atoms with van der Waals surface area (Å²) in [5, 5.41) is 3.20. The van der Waals surface area contributed by atoms with Crippen molar-refractivity contribution in [2.75, 3.05) is 7.05 Å². The number of halogens is 3. The van der Waals surface area contributed by atoms with E-state index in [0.29, 0.717) is 5.92 Å². The van der Waals surface area contributed by atoms with Gasteiger partial charge in [0.15, 0.2) is 0 Å². The van der Waals surface area contributed by atoms with E-state index >= 15 is 0 Å². The summed E-state index contributed by atoms with van der Waals surface area (Å²) in [6, 6.07) is 5.67. The van der Waals surface area contributed by atoms with Crippen molar-refractivity contribution >= 4 is 0 Å². The van der Waals surface area contributed by atoms with Crippen LogP contribution in [-0.4, -0.2) is 7.05 Å². The smallest absolute Gasteiger partial charge is 0.313 e. The summed E-state index contributed by atoms with van der Waals surface area (Å²) in [7, 11) is 1.82. The van der Waals surface area contributed by atoms with Crippen molar-refractivity contribution in [2.45, 2.75) is 51.7 Å². The minimum absolute atomic E-state index is 0.0165. The topological polar surface area (TPSA) is 12.0 Å². The van der Waals surface area contributed by atoms with Gasteiger partial charge >= 0.3 is 6.18 Å². The Kier molecular flexibility index (Phi) is 6.53. The highest BCUT2D eigenvalue weighted by molar-refractivity contribution is 5.28. The molecule has 0 saturated heterocycles. The van der Waals surface area contributed by atoms with E-state index in [1.54, 1.807) is 6.07 Å². The molecule has 0 heterocycles. The highest BCUT2D eigenvalue weighted by atomic mass is 19.4. The first-order valence-corrected chi connectivity index (χ1v) is 7.28. The molecule has 0 aliphatic heterocycles. The largest absolute Gasteiger partial charge is 0.416 e. The number of rotatable bonds is 7. The Morgan fingerprint density at radius 1 is 1.10 bits per heavy atom. The second-order valence-electron chi connectivity index (χ2n) is 5.23. The fourth-order valence-electron chi connectivity index (χ4n) is 2.80. The van der Waals surface area contributed by atoms with E-state index in [9.17, 15) is 13.2 Å². The van der Waals surface area contributed by atoms with E-state index in [1.165, 1.54) is 12.1 Å². The monoisotopic (exact) mass is 287 g/mol. The SMILES string of the molecule is CCCC(CCC)C(NC)c1cccc(C(F)(F)F)c1. The van der Waals surface area contributed by atoms with Crippen molar-refractivity contribution in [2.24, 2.45) is 5.92 Å². The first-order chi connectivity index (χ1) is 9.43. The highest BCUT2D eigenvalue weighted by Crippen LogP contribution is 2.34. The number of alkyl halides is 3. The molecule has 0 aliphatic carbocycles. The second kappa shape index (κ2) is 7.67. The Morgan fingerprint density at radius 3 is 2.15 bits per heavy atom. The molecule has 114 valence electrons. The molecule has 0 aromatic heterocycles.